The van der Waals surface area contributed by atoms with Gasteiger partial charge in [0.2, 0.25) is 5.91 Å². The number of anilines is 1. The Hall–Kier alpha value is -2.42. The Bertz CT molecular complexity index is 1080. The minimum Gasteiger partial charge on any atom is -0.373 e. The van der Waals surface area contributed by atoms with E-state index in [1.165, 1.54) is 17.4 Å². The molecule has 2 aliphatic rings. The quantitative estimate of drug-likeness (QED) is 0.667. The van der Waals surface area contributed by atoms with Crippen molar-refractivity contribution in [1.29, 1.82) is 0 Å². The Morgan fingerprint density at radius 2 is 1.82 bits per heavy atom. The van der Waals surface area contributed by atoms with Crippen molar-refractivity contribution in [2.45, 2.75) is 30.3 Å². The van der Waals surface area contributed by atoms with E-state index in [2.05, 4.69) is 27.2 Å². The van der Waals surface area contributed by atoms with Crippen molar-refractivity contribution in [3.63, 3.8) is 0 Å². The zero-order valence-corrected chi connectivity index (χ0v) is 20.2. The molecule has 1 N–H and O–H groups in total. The van der Waals surface area contributed by atoms with Crippen LogP contribution >= 0.6 is 0 Å². The molecule has 0 aliphatic carbocycles. The lowest BCUT2D eigenvalue weighted by atomic mass is 9.93. The van der Waals surface area contributed by atoms with E-state index in [4.69, 9.17) is 4.74 Å². The van der Waals surface area contributed by atoms with Crippen LogP contribution in [-0.2, 0) is 32.2 Å². The summed E-state index contributed by atoms with van der Waals surface area (Å²) in [6.45, 7) is 5.48. The van der Waals surface area contributed by atoms with Gasteiger partial charge in [0.15, 0.2) is 9.84 Å². The molecule has 4 rings (SSSR count). The number of amides is 1. The van der Waals surface area contributed by atoms with Crippen molar-refractivity contribution in [2.24, 2.45) is 0 Å². The third-order valence-corrected chi connectivity index (χ3v) is 7.73. The van der Waals surface area contributed by atoms with Gasteiger partial charge in [-0.2, -0.15) is 0 Å². The number of ether oxygens (including phenoxy) is 1. The summed E-state index contributed by atoms with van der Waals surface area (Å²) < 4.78 is 29.4. The maximum atomic E-state index is 11.7. The first-order chi connectivity index (χ1) is 15.8. The van der Waals surface area contributed by atoms with E-state index in [9.17, 15) is 13.2 Å². The highest BCUT2D eigenvalue weighted by Crippen LogP contribution is 2.31. The third-order valence-electron chi connectivity index (χ3n) is 6.60. The Morgan fingerprint density at radius 3 is 2.48 bits per heavy atom. The first-order valence-corrected chi connectivity index (χ1v) is 13.4. The largest absolute Gasteiger partial charge is 0.373 e. The van der Waals surface area contributed by atoms with Gasteiger partial charge in [-0.05, 0) is 53.8 Å². The number of carbonyl (C=O) groups is 1. The zero-order chi connectivity index (χ0) is 23.4. The summed E-state index contributed by atoms with van der Waals surface area (Å²) >= 11 is 0. The molecule has 2 heterocycles. The molecule has 7 nitrogen and oxygen atoms in total. The molecule has 1 unspecified atom stereocenters. The lowest BCUT2D eigenvalue weighted by molar-refractivity contribution is -0.119. The maximum absolute atomic E-state index is 11.7. The third kappa shape index (κ3) is 5.93. The number of sulfone groups is 1. The molecule has 0 radical (unpaired) electrons. The van der Waals surface area contributed by atoms with Gasteiger partial charge >= 0.3 is 0 Å². The average molecular weight is 472 g/mol. The number of carbonyl (C=O) groups excluding carboxylic acids is 1. The van der Waals surface area contributed by atoms with Gasteiger partial charge in [0.05, 0.1) is 24.0 Å². The van der Waals surface area contributed by atoms with E-state index in [-0.39, 0.29) is 12.0 Å². The molecule has 0 aromatic heterocycles. The summed E-state index contributed by atoms with van der Waals surface area (Å²) in [4.78, 5) is 16.8. The first kappa shape index (κ1) is 23.7. The predicted octanol–water partition coefficient (Wildman–Crippen LogP) is 2.20. The molecule has 2 aromatic carbocycles. The number of hydrogen-bond donors (Lipinski definition) is 1. The normalized spacial score (nSPS) is 19.2. The van der Waals surface area contributed by atoms with Crippen LogP contribution in [0.1, 0.15) is 29.2 Å². The van der Waals surface area contributed by atoms with Crippen molar-refractivity contribution < 1.29 is 17.9 Å². The molecular formula is C25H33N3O4S. The number of nitrogens with one attached hydrogen (secondary N) is 1. The van der Waals surface area contributed by atoms with E-state index >= 15 is 0 Å². The van der Waals surface area contributed by atoms with Gasteiger partial charge < -0.3 is 15.0 Å². The van der Waals surface area contributed by atoms with Gasteiger partial charge in [0.25, 0.3) is 0 Å². The molecule has 0 bridgehead atoms. The molecule has 1 amide bonds. The molecule has 2 aromatic rings. The van der Waals surface area contributed by atoms with Crippen molar-refractivity contribution in [1.82, 2.24) is 10.2 Å². The van der Waals surface area contributed by atoms with Gasteiger partial charge in [0, 0.05) is 51.7 Å². The average Bonchev–Trinajstić information content (AvgIpc) is 2.82. The summed E-state index contributed by atoms with van der Waals surface area (Å²) in [5, 5.41) is 2.68. The van der Waals surface area contributed by atoms with Crippen LogP contribution in [0, 0.1) is 0 Å². The lowest BCUT2D eigenvalue weighted by Gasteiger charge is -2.37. The predicted molar refractivity (Wildman–Crippen MR) is 129 cm³/mol. The minimum atomic E-state index is -3.16. The van der Waals surface area contributed by atoms with Crippen LogP contribution < -0.4 is 10.2 Å². The Balaban J connectivity index is 1.29. The molecule has 2 aliphatic heterocycles. The molecule has 0 saturated carbocycles. The molecule has 0 spiro atoms. The van der Waals surface area contributed by atoms with Crippen LogP contribution in [0.25, 0.3) is 0 Å². The first-order valence-electron chi connectivity index (χ1n) is 11.5. The van der Waals surface area contributed by atoms with Crippen molar-refractivity contribution in [3.05, 3.63) is 59.2 Å². The second-order valence-electron chi connectivity index (χ2n) is 8.88. The van der Waals surface area contributed by atoms with Crippen LogP contribution in [-0.4, -0.2) is 71.9 Å². The number of piperazine rings is 1. The summed E-state index contributed by atoms with van der Waals surface area (Å²) in [6, 6.07) is 13.5. The molecule has 33 heavy (non-hydrogen) atoms. The number of rotatable bonds is 7. The summed E-state index contributed by atoms with van der Waals surface area (Å²) in [7, 11) is -1.50. The van der Waals surface area contributed by atoms with Crippen LogP contribution in [0.2, 0.25) is 0 Å². The van der Waals surface area contributed by atoms with Crippen molar-refractivity contribution in [3.8, 4) is 0 Å². The van der Waals surface area contributed by atoms with Gasteiger partial charge in [-0.15, -0.1) is 0 Å². The summed E-state index contributed by atoms with van der Waals surface area (Å²) in [6.07, 6.45) is 3.59. The maximum Gasteiger partial charge on any atom is 0.224 e. The number of fused-ring (bicyclic) bond motifs is 1. The van der Waals surface area contributed by atoms with E-state index < -0.39 is 9.84 Å². The highest BCUT2D eigenvalue weighted by atomic mass is 32.2. The fourth-order valence-corrected chi connectivity index (χ4v) is 5.28. The topological polar surface area (TPSA) is 79.0 Å². The van der Waals surface area contributed by atoms with Gasteiger partial charge in [0.1, 0.15) is 0 Å². The van der Waals surface area contributed by atoms with E-state index in [0.717, 1.165) is 63.4 Å². The van der Waals surface area contributed by atoms with Crippen molar-refractivity contribution >= 4 is 21.4 Å². The Labute approximate surface area is 196 Å². The molecular weight excluding hydrogens is 438 g/mol. The van der Waals surface area contributed by atoms with Gasteiger partial charge in [-0.25, -0.2) is 8.42 Å². The lowest BCUT2D eigenvalue weighted by Crippen LogP contribution is -2.47. The summed E-state index contributed by atoms with van der Waals surface area (Å²) in [5.74, 6) is 0.0315. The van der Waals surface area contributed by atoms with Gasteiger partial charge in [-0.1, -0.05) is 18.2 Å². The fraction of sp³-hybridized carbons (Fsp3) is 0.480. The Kier molecular flexibility index (Phi) is 7.36. The number of hydrogen-bond acceptors (Lipinski definition) is 6. The highest BCUT2D eigenvalue weighted by molar-refractivity contribution is 7.90. The van der Waals surface area contributed by atoms with E-state index in [0.29, 0.717) is 11.3 Å². The second kappa shape index (κ2) is 10.2. The second-order valence-corrected chi connectivity index (χ2v) is 10.9. The van der Waals surface area contributed by atoms with Crippen LogP contribution in [0.5, 0.6) is 0 Å². The van der Waals surface area contributed by atoms with E-state index in [1.54, 1.807) is 19.2 Å². The standard InChI is InChI=1S/C25H33N3O4S/c1-26-25(29)18-19-3-8-23-20(17-19)10-16-32-24(23)9-11-27-12-14-28(15-13-27)21-4-6-22(7-5-21)33(2,30)31/h3-8,17,24H,9-16,18H2,1-2H3,(H,26,29). The Morgan fingerprint density at radius 1 is 1.09 bits per heavy atom. The molecule has 178 valence electrons. The smallest absolute Gasteiger partial charge is 0.224 e. The highest BCUT2D eigenvalue weighted by Gasteiger charge is 2.24. The molecule has 8 heteroatoms. The fourth-order valence-electron chi connectivity index (χ4n) is 4.65. The van der Waals surface area contributed by atoms with Crippen LogP contribution in [0.4, 0.5) is 5.69 Å². The number of likely N-dealkylation sites (N-methyl/N-ethyl adjacent to an activating group) is 1. The zero-order valence-electron chi connectivity index (χ0n) is 19.4. The number of nitrogens with zero attached hydrogens (tertiary/aromatic N) is 2. The van der Waals surface area contributed by atoms with Crippen LogP contribution in [0.15, 0.2) is 47.4 Å². The number of benzene rings is 2. The van der Waals surface area contributed by atoms with Gasteiger partial charge in [-0.3, -0.25) is 9.69 Å². The van der Waals surface area contributed by atoms with E-state index in [1.807, 2.05) is 18.2 Å². The minimum absolute atomic E-state index is 0.0315. The molecule has 1 atom stereocenters. The summed E-state index contributed by atoms with van der Waals surface area (Å²) in [5.41, 5.74) is 4.68. The monoisotopic (exact) mass is 471 g/mol. The molecule has 1 fully saturated rings. The SMILES string of the molecule is CNC(=O)Cc1ccc2c(c1)CCOC2CCN1CCN(c2ccc(S(C)(=O)=O)cc2)CC1. The van der Waals surface area contributed by atoms with Crippen molar-refractivity contribution in [2.75, 3.05) is 57.5 Å². The van der Waals surface area contributed by atoms with Crippen LogP contribution in [0.3, 0.4) is 0 Å². The molecule has 1 saturated heterocycles.